The van der Waals surface area contributed by atoms with Gasteiger partial charge in [0.25, 0.3) is 0 Å². The Morgan fingerprint density at radius 2 is 1.83 bits per heavy atom. The summed E-state index contributed by atoms with van der Waals surface area (Å²) in [6, 6.07) is 13.7. The molecule has 3 heteroatoms. The zero-order valence-corrected chi connectivity index (χ0v) is 11.3. The standard InChI is InChI=1S/C15H16ClNO/c1-11-5-3-4-6-14(11)17(2)15-8-7-13(16)9-12(15)10-18/h3-9,18H,10H2,1-2H3. The summed E-state index contributed by atoms with van der Waals surface area (Å²) in [5.74, 6) is 0. The molecule has 0 aromatic heterocycles. The Balaban J connectivity index is 2.46. The number of anilines is 2. The molecule has 0 atom stereocenters. The Bertz CT molecular complexity index is 554. The molecule has 2 rings (SSSR count). The average molecular weight is 262 g/mol. The number of aliphatic hydroxyl groups excluding tert-OH is 1. The van der Waals surface area contributed by atoms with Gasteiger partial charge in [0, 0.05) is 29.0 Å². The third-order valence-electron chi connectivity index (χ3n) is 3.05. The van der Waals surface area contributed by atoms with Crippen molar-refractivity contribution in [1.29, 1.82) is 0 Å². The fourth-order valence-corrected chi connectivity index (χ4v) is 2.27. The zero-order valence-electron chi connectivity index (χ0n) is 10.5. The molecule has 0 saturated heterocycles. The second-order valence-corrected chi connectivity index (χ2v) is 4.71. The number of rotatable bonds is 3. The van der Waals surface area contributed by atoms with Crippen molar-refractivity contribution < 1.29 is 5.11 Å². The van der Waals surface area contributed by atoms with E-state index < -0.39 is 0 Å². The van der Waals surface area contributed by atoms with Gasteiger partial charge < -0.3 is 10.0 Å². The number of aryl methyl sites for hydroxylation is 1. The van der Waals surface area contributed by atoms with E-state index in [1.807, 2.05) is 31.3 Å². The largest absolute Gasteiger partial charge is 0.392 e. The second-order valence-electron chi connectivity index (χ2n) is 4.28. The van der Waals surface area contributed by atoms with Crippen molar-refractivity contribution in [1.82, 2.24) is 0 Å². The van der Waals surface area contributed by atoms with Crippen LogP contribution < -0.4 is 4.90 Å². The molecule has 0 aliphatic carbocycles. The molecule has 0 unspecified atom stereocenters. The van der Waals surface area contributed by atoms with E-state index in [0.29, 0.717) is 5.02 Å². The number of para-hydroxylation sites is 1. The Morgan fingerprint density at radius 3 is 2.50 bits per heavy atom. The Labute approximate surface area is 112 Å². The molecule has 2 aromatic carbocycles. The van der Waals surface area contributed by atoms with Crippen molar-refractivity contribution in [2.45, 2.75) is 13.5 Å². The van der Waals surface area contributed by atoms with Gasteiger partial charge in [0.1, 0.15) is 0 Å². The van der Waals surface area contributed by atoms with Crippen molar-refractivity contribution in [2.24, 2.45) is 0 Å². The Kier molecular flexibility index (Phi) is 3.90. The van der Waals surface area contributed by atoms with E-state index >= 15 is 0 Å². The molecule has 0 bridgehead atoms. The third kappa shape index (κ3) is 2.50. The molecular formula is C15H16ClNO. The predicted molar refractivity (Wildman–Crippen MR) is 76.6 cm³/mol. The van der Waals surface area contributed by atoms with Crippen LogP contribution in [0.3, 0.4) is 0 Å². The van der Waals surface area contributed by atoms with Crippen LogP contribution in [0.25, 0.3) is 0 Å². The summed E-state index contributed by atoms with van der Waals surface area (Å²) in [5, 5.41) is 10.1. The molecule has 94 valence electrons. The van der Waals surface area contributed by atoms with E-state index in [4.69, 9.17) is 11.6 Å². The summed E-state index contributed by atoms with van der Waals surface area (Å²) in [6.07, 6.45) is 0. The first-order valence-electron chi connectivity index (χ1n) is 5.82. The van der Waals surface area contributed by atoms with E-state index in [9.17, 15) is 5.11 Å². The molecule has 0 spiro atoms. The van der Waals surface area contributed by atoms with Crippen LogP contribution in [0.2, 0.25) is 5.02 Å². The lowest BCUT2D eigenvalue weighted by atomic mass is 10.1. The summed E-state index contributed by atoms with van der Waals surface area (Å²) in [4.78, 5) is 2.07. The van der Waals surface area contributed by atoms with Crippen LogP contribution in [-0.2, 0) is 6.61 Å². The molecule has 1 N–H and O–H groups in total. The first-order valence-corrected chi connectivity index (χ1v) is 6.20. The van der Waals surface area contributed by atoms with Crippen LogP contribution >= 0.6 is 11.6 Å². The van der Waals surface area contributed by atoms with Gasteiger partial charge >= 0.3 is 0 Å². The van der Waals surface area contributed by atoms with E-state index in [2.05, 4.69) is 24.0 Å². The van der Waals surface area contributed by atoms with E-state index in [1.54, 1.807) is 6.07 Å². The third-order valence-corrected chi connectivity index (χ3v) is 3.29. The quantitative estimate of drug-likeness (QED) is 0.906. The number of nitrogens with zero attached hydrogens (tertiary/aromatic N) is 1. The lowest BCUT2D eigenvalue weighted by Crippen LogP contribution is -2.13. The summed E-state index contributed by atoms with van der Waals surface area (Å²) in [6.45, 7) is 2.05. The van der Waals surface area contributed by atoms with Gasteiger partial charge in [0.2, 0.25) is 0 Å². The van der Waals surface area contributed by atoms with Crippen LogP contribution in [-0.4, -0.2) is 12.2 Å². The molecule has 0 radical (unpaired) electrons. The van der Waals surface area contributed by atoms with Crippen molar-refractivity contribution in [3.05, 3.63) is 58.6 Å². The topological polar surface area (TPSA) is 23.5 Å². The highest BCUT2D eigenvalue weighted by atomic mass is 35.5. The molecule has 0 amide bonds. The fraction of sp³-hybridized carbons (Fsp3) is 0.200. The maximum Gasteiger partial charge on any atom is 0.0702 e. The minimum absolute atomic E-state index is 0.0217. The highest BCUT2D eigenvalue weighted by Gasteiger charge is 2.10. The first kappa shape index (κ1) is 12.9. The zero-order chi connectivity index (χ0) is 13.1. The highest BCUT2D eigenvalue weighted by molar-refractivity contribution is 6.30. The van der Waals surface area contributed by atoms with Gasteiger partial charge in [-0.3, -0.25) is 0 Å². The van der Waals surface area contributed by atoms with E-state index in [1.165, 1.54) is 5.56 Å². The molecule has 18 heavy (non-hydrogen) atoms. The Morgan fingerprint density at radius 1 is 1.11 bits per heavy atom. The number of hydrogen-bond acceptors (Lipinski definition) is 2. The van der Waals surface area contributed by atoms with Gasteiger partial charge in [-0.2, -0.15) is 0 Å². The van der Waals surface area contributed by atoms with Crippen LogP contribution in [0, 0.1) is 6.92 Å². The monoisotopic (exact) mass is 261 g/mol. The van der Waals surface area contributed by atoms with Gasteiger partial charge in [-0.15, -0.1) is 0 Å². The Hall–Kier alpha value is -1.51. The van der Waals surface area contributed by atoms with Crippen LogP contribution in [0.15, 0.2) is 42.5 Å². The minimum Gasteiger partial charge on any atom is -0.392 e. The molecule has 2 aromatic rings. The van der Waals surface area contributed by atoms with Crippen molar-refractivity contribution >= 4 is 23.0 Å². The smallest absolute Gasteiger partial charge is 0.0702 e. The molecule has 0 aliphatic heterocycles. The van der Waals surface area contributed by atoms with Crippen LogP contribution in [0.5, 0.6) is 0 Å². The van der Waals surface area contributed by atoms with Gasteiger partial charge in [-0.1, -0.05) is 29.8 Å². The molecule has 2 nitrogen and oxygen atoms in total. The van der Waals surface area contributed by atoms with Crippen LogP contribution in [0.1, 0.15) is 11.1 Å². The van der Waals surface area contributed by atoms with Crippen molar-refractivity contribution in [3.8, 4) is 0 Å². The lowest BCUT2D eigenvalue weighted by Gasteiger charge is -2.24. The summed E-state index contributed by atoms with van der Waals surface area (Å²) in [7, 11) is 1.99. The van der Waals surface area contributed by atoms with Gasteiger partial charge in [-0.25, -0.2) is 0 Å². The molecule has 0 aliphatic rings. The summed E-state index contributed by atoms with van der Waals surface area (Å²) < 4.78 is 0. The van der Waals surface area contributed by atoms with E-state index in [-0.39, 0.29) is 6.61 Å². The number of aliphatic hydroxyl groups is 1. The summed E-state index contributed by atoms with van der Waals surface area (Å²) >= 11 is 5.95. The van der Waals surface area contributed by atoms with Gasteiger partial charge in [-0.05, 0) is 36.8 Å². The molecule has 0 saturated carbocycles. The first-order chi connectivity index (χ1) is 8.63. The predicted octanol–water partition coefficient (Wildman–Crippen LogP) is 3.91. The lowest BCUT2D eigenvalue weighted by molar-refractivity contribution is 0.282. The fourth-order valence-electron chi connectivity index (χ4n) is 2.08. The van der Waals surface area contributed by atoms with Gasteiger partial charge in [0.15, 0.2) is 0 Å². The molecule has 0 fully saturated rings. The van der Waals surface area contributed by atoms with Crippen molar-refractivity contribution in [3.63, 3.8) is 0 Å². The molecule has 0 heterocycles. The maximum atomic E-state index is 9.42. The number of benzene rings is 2. The highest BCUT2D eigenvalue weighted by Crippen LogP contribution is 2.30. The average Bonchev–Trinajstić information content (AvgIpc) is 2.38. The molecular weight excluding hydrogens is 246 g/mol. The minimum atomic E-state index is -0.0217. The number of hydrogen-bond donors (Lipinski definition) is 1. The summed E-state index contributed by atoms with van der Waals surface area (Å²) in [5.41, 5.74) is 4.11. The van der Waals surface area contributed by atoms with E-state index in [0.717, 1.165) is 16.9 Å². The second kappa shape index (κ2) is 5.42. The number of halogens is 1. The maximum absolute atomic E-state index is 9.42. The normalized spacial score (nSPS) is 10.4. The van der Waals surface area contributed by atoms with Gasteiger partial charge in [0.05, 0.1) is 6.61 Å². The van der Waals surface area contributed by atoms with Crippen LogP contribution in [0.4, 0.5) is 11.4 Å². The van der Waals surface area contributed by atoms with Crippen molar-refractivity contribution in [2.75, 3.05) is 11.9 Å². The SMILES string of the molecule is Cc1ccccc1N(C)c1ccc(Cl)cc1CO.